The zero-order chi connectivity index (χ0) is 15.4. The second kappa shape index (κ2) is 5.75. The molecule has 0 aromatic heterocycles. The van der Waals surface area contributed by atoms with Gasteiger partial charge in [-0.15, -0.1) is 0 Å². The third-order valence-corrected chi connectivity index (χ3v) is 2.76. The van der Waals surface area contributed by atoms with Crippen LogP contribution in [0.4, 0.5) is 5.69 Å². The van der Waals surface area contributed by atoms with Gasteiger partial charge < -0.3 is 15.5 Å². The summed E-state index contributed by atoms with van der Waals surface area (Å²) in [6, 6.07) is 11.7. The number of aromatic hydroxyl groups is 1. The van der Waals surface area contributed by atoms with Crippen molar-refractivity contribution in [3.05, 3.63) is 59.2 Å². The molecule has 6 heteroatoms. The summed E-state index contributed by atoms with van der Waals surface area (Å²) >= 11 is 0. The van der Waals surface area contributed by atoms with E-state index in [4.69, 9.17) is 10.4 Å². The fourth-order valence-electron chi connectivity index (χ4n) is 1.69. The molecule has 0 spiro atoms. The van der Waals surface area contributed by atoms with Crippen molar-refractivity contribution in [3.8, 4) is 11.8 Å². The first-order valence-electron chi connectivity index (χ1n) is 5.89. The van der Waals surface area contributed by atoms with Crippen molar-refractivity contribution >= 4 is 17.6 Å². The summed E-state index contributed by atoms with van der Waals surface area (Å²) in [6.07, 6.45) is 0. The van der Waals surface area contributed by atoms with E-state index in [1.165, 1.54) is 36.4 Å². The van der Waals surface area contributed by atoms with Crippen molar-refractivity contribution in [2.45, 2.75) is 0 Å². The van der Waals surface area contributed by atoms with Gasteiger partial charge in [-0.1, -0.05) is 0 Å². The van der Waals surface area contributed by atoms with E-state index in [0.29, 0.717) is 11.1 Å². The van der Waals surface area contributed by atoms with Crippen LogP contribution in [0.5, 0.6) is 5.75 Å². The lowest BCUT2D eigenvalue weighted by Crippen LogP contribution is -2.12. The lowest BCUT2D eigenvalue weighted by atomic mass is 10.1. The Balaban J connectivity index is 2.17. The van der Waals surface area contributed by atoms with Gasteiger partial charge in [0.25, 0.3) is 5.91 Å². The molecule has 0 heterocycles. The Morgan fingerprint density at radius 3 is 2.29 bits per heavy atom. The van der Waals surface area contributed by atoms with Crippen molar-refractivity contribution in [1.29, 1.82) is 5.26 Å². The smallest absolute Gasteiger partial charge is 0.339 e. The van der Waals surface area contributed by atoms with Crippen molar-refractivity contribution in [1.82, 2.24) is 0 Å². The fourth-order valence-corrected chi connectivity index (χ4v) is 1.69. The summed E-state index contributed by atoms with van der Waals surface area (Å²) < 4.78 is 0. The number of carboxylic acid groups (broad SMARTS) is 1. The number of carbonyl (C=O) groups excluding carboxylic acids is 1. The second-order valence-corrected chi connectivity index (χ2v) is 4.18. The zero-order valence-electron chi connectivity index (χ0n) is 10.7. The lowest BCUT2D eigenvalue weighted by Gasteiger charge is -2.07. The van der Waals surface area contributed by atoms with E-state index in [0.717, 1.165) is 6.07 Å². The van der Waals surface area contributed by atoms with E-state index in [1.807, 2.05) is 6.07 Å². The Labute approximate surface area is 119 Å². The first-order chi connectivity index (χ1) is 10.0. The first-order valence-corrected chi connectivity index (χ1v) is 5.89. The standard InChI is InChI=1S/C15H10N2O4/c16-8-9-1-3-10(4-2-9)14(19)17-11-5-6-12(15(20)21)13(18)7-11/h1-7,18H,(H,17,19)(H,20,21). The van der Waals surface area contributed by atoms with Crippen LogP contribution < -0.4 is 5.32 Å². The van der Waals surface area contributed by atoms with Crippen LogP contribution in [0.15, 0.2) is 42.5 Å². The van der Waals surface area contributed by atoms with Crippen LogP contribution >= 0.6 is 0 Å². The Morgan fingerprint density at radius 2 is 1.76 bits per heavy atom. The minimum atomic E-state index is -1.25. The summed E-state index contributed by atoms with van der Waals surface area (Å²) in [5, 5.41) is 29.5. The topological polar surface area (TPSA) is 110 Å². The molecule has 0 aliphatic heterocycles. The number of nitrogens with zero attached hydrogens (tertiary/aromatic N) is 1. The maximum Gasteiger partial charge on any atom is 0.339 e. The molecule has 2 rings (SSSR count). The molecule has 0 bridgehead atoms. The zero-order valence-corrected chi connectivity index (χ0v) is 10.7. The summed E-state index contributed by atoms with van der Waals surface area (Å²) in [5.41, 5.74) is 0.809. The van der Waals surface area contributed by atoms with Gasteiger partial charge in [0, 0.05) is 17.3 Å². The van der Waals surface area contributed by atoms with Crippen molar-refractivity contribution in [3.63, 3.8) is 0 Å². The average molecular weight is 282 g/mol. The molecular formula is C15H10N2O4. The van der Waals surface area contributed by atoms with Crippen molar-refractivity contribution in [2.75, 3.05) is 5.32 Å². The molecular weight excluding hydrogens is 272 g/mol. The molecule has 0 atom stereocenters. The lowest BCUT2D eigenvalue weighted by molar-refractivity contribution is 0.0693. The Bertz CT molecular complexity index is 745. The first kappa shape index (κ1) is 14.1. The SMILES string of the molecule is N#Cc1ccc(C(=O)Nc2ccc(C(=O)O)c(O)c2)cc1. The van der Waals surface area contributed by atoms with Crippen molar-refractivity contribution in [2.24, 2.45) is 0 Å². The molecule has 2 aromatic carbocycles. The number of hydrogen-bond acceptors (Lipinski definition) is 4. The highest BCUT2D eigenvalue weighted by molar-refractivity contribution is 6.04. The van der Waals surface area contributed by atoms with Gasteiger partial charge in [-0.3, -0.25) is 4.79 Å². The van der Waals surface area contributed by atoms with E-state index >= 15 is 0 Å². The van der Waals surface area contributed by atoms with Gasteiger partial charge in [-0.2, -0.15) is 5.26 Å². The number of rotatable bonds is 3. The predicted molar refractivity (Wildman–Crippen MR) is 74.2 cm³/mol. The maximum atomic E-state index is 12.0. The van der Waals surface area contributed by atoms with Crippen LogP contribution in [-0.4, -0.2) is 22.1 Å². The predicted octanol–water partition coefficient (Wildman–Crippen LogP) is 2.21. The molecule has 3 N–H and O–H groups in total. The third kappa shape index (κ3) is 3.16. The molecule has 0 aliphatic rings. The molecule has 0 saturated carbocycles. The third-order valence-electron chi connectivity index (χ3n) is 2.76. The molecule has 1 amide bonds. The van der Waals surface area contributed by atoms with E-state index in [2.05, 4.69) is 5.32 Å². The van der Waals surface area contributed by atoms with Gasteiger partial charge >= 0.3 is 5.97 Å². The van der Waals surface area contributed by atoms with Gasteiger partial charge in [0.1, 0.15) is 11.3 Å². The average Bonchev–Trinajstić information content (AvgIpc) is 2.47. The van der Waals surface area contributed by atoms with Crippen LogP contribution in [0.25, 0.3) is 0 Å². The van der Waals surface area contributed by atoms with Crippen LogP contribution in [0.3, 0.4) is 0 Å². The summed E-state index contributed by atoms with van der Waals surface area (Å²) in [5.74, 6) is -2.11. The summed E-state index contributed by atoms with van der Waals surface area (Å²) in [7, 11) is 0. The molecule has 21 heavy (non-hydrogen) atoms. The Morgan fingerprint density at radius 1 is 1.10 bits per heavy atom. The van der Waals surface area contributed by atoms with Gasteiger partial charge in [0.2, 0.25) is 0 Å². The van der Waals surface area contributed by atoms with Crippen molar-refractivity contribution < 1.29 is 19.8 Å². The van der Waals surface area contributed by atoms with Crippen LogP contribution in [0, 0.1) is 11.3 Å². The molecule has 0 saturated heterocycles. The number of anilines is 1. The normalized spacial score (nSPS) is 9.67. The Kier molecular flexibility index (Phi) is 3.86. The van der Waals surface area contributed by atoms with Crippen LogP contribution in [0.1, 0.15) is 26.3 Å². The monoisotopic (exact) mass is 282 g/mol. The molecule has 0 unspecified atom stereocenters. The maximum absolute atomic E-state index is 12.0. The Hall–Kier alpha value is -3.33. The van der Waals surface area contributed by atoms with E-state index in [-0.39, 0.29) is 11.3 Å². The highest BCUT2D eigenvalue weighted by atomic mass is 16.4. The van der Waals surface area contributed by atoms with E-state index in [9.17, 15) is 14.7 Å². The van der Waals surface area contributed by atoms with Gasteiger partial charge in [0.15, 0.2) is 0 Å². The molecule has 104 valence electrons. The van der Waals surface area contributed by atoms with Gasteiger partial charge in [-0.25, -0.2) is 4.79 Å². The molecule has 0 radical (unpaired) electrons. The summed E-state index contributed by atoms with van der Waals surface area (Å²) in [4.78, 5) is 22.7. The highest BCUT2D eigenvalue weighted by Gasteiger charge is 2.11. The number of nitriles is 1. The highest BCUT2D eigenvalue weighted by Crippen LogP contribution is 2.22. The molecule has 2 aromatic rings. The number of hydrogen-bond donors (Lipinski definition) is 3. The number of nitrogens with one attached hydrogen (secondary N) is 1. The molecule has 0 fully saturated rings. The number of benzene rings is 2. The van der Waals surface area contributed by atoms with Gasteiger partial charge in [0.05, 0.1) is 11.6 Å². The number of aromatic carboxylic acids is 1. The molecule has 0 aliphatic carbocycles. The minimum Gasteiger partial charge on any atom is -0.507 e. The minimum absolute atomic E-state index is 0.244. The number of carbonyl (C=O) groups is 2. The largest absolute Gasteiger partial charge is 0.507 e. The molecule has 6 nitrogen and oxygen atoms in total. The van der Waals surface area contributed by atoms with E-state index < -0.39 is 17.6 Å². The quantitative estimate of drug-likeness (QED) is 0.799. The van der Waals surface area contributed by atoms with Gasteiger partial charge in [-0.05, 0) is 36.4 Å². The fraction of sp³-hybridized carbons (Fsp3) is 0. The number of phenols is 1. The van der Waals surface area contributed by atoms with Crippen LogP contribution in [0.2, 0.25) is 0 Å². The van der Waals surface area contributed by atoms with E-state index in [1.54, 1.807) is 0 Å². The second-order valence-electron chi connectivity index (χ2n) is 4.18. The number of amides is 1. The number of carboxylic acids is 1. The summed E-state index contributed by atoms with van der Waals surface area (Å²) in [6.45, 7) is 0. The van der Waals surface area contributed by atoms with Crippen LogP contribution in [-0.2, 0) is 0 Å².